The molecule has 2 unspecified atom stereocenters. The fourth-order valence-corrected chi connectivity index (χ4v) is 3.50. The van der Waals surface area contributed by atoms with Gasteiger partial charge in [0.25, 0.3) is 0 Å². The Morgan fingerprint density at radius 2 is 1.60 bits per heavy atom. The molecule has 0 aromatic heterocycles. The van der Waals surface area contributed by atoms with E-state index in [0.717, 1.165) is 19.1 Å². The molecule has 3 aliphatic rings. The van der Waals surface area contributed by atoms with E-state index >= 15 is 0 Å². The van der Waals surface area contributed by atoms with Gasteiger partial charge in [-0.05, 0) is 25.7 Å². The van der Waals surface area contributed by atoms with Gasteiger partial charge in [0, 0.05) is 38.1 Å². The Bertz CT molecular complexity index is 261. The molecule has 2 saturated heterocycles. The molecule has 0 spiro atoms. The van der Waals surface area contributed by atoms with E-state index in [9.17, 15) is 4.79 Å². The van der Waals surface area contributed by atoms with Gasteiger partial charge >= 0.3 is 0 Å². The minimum absolute atomic E-state index is 0.288. The fourth-order valence-electron chi connectivity index (χ4n) is 3.50. The molecule has 15 heavy (non-hydrogen) atoms. The van der Waals surface area contributed by atoms with Crippen LogP contribution in [0.25, 0.3) is 0 Å². The van der Waals surface area contributed by atoms with Gasteiger partial charge in [-0.2, -0.15) is 0 Å². The second kappa shape index (κ2) is 3.48. The first-order valence-corrected chi connectivity index (χ1v) is 6.28. The number of hydrogen-bond acceptors (Lipinski definition) is 2. The molecule has 0 aromatic rings. The first kappa shape index (κ1) is 9.64. The highest BCUT2D eigenvalue weighted by Crippen LogP contribution is 2.34. The zero-order valence-corrected chi connectivity index (χ0v) is 9.48. The normalized spacial score (nSPS) is 36.7. The summed E-state index contributed by atoms with van der Waals surface area (Å²) >= 11 is 0. The minimum atomic E-state index is 0.288. The van der Waals surface area contributed by atoms with Crippen LogP contribution in [-0.4, -0.2) is 46.9 Å². The van der Waals surface area contributed by atoms with E-state index in [1.807, 2.05) is 0 Å². The maximum Gasteiger partial charge on any atom is 0.220 e. The second-order valence-electron chi connectivity index (χ2n) is 5.35. The molecule has 1 amide bonds. The average Bonchev–Trinajstić information content (AvgIpc) is 2.36. The lowest BCUT2D eigenvalue weighted by molar-refractivity contribution is -0.135. The number of amides is 1. The number of piperazine rings is 1. The SMILES string of the molecule is CC(=O)N1C2CCC1CN(C1CCC1)C2. The molecule has 2 aliphatic heterocycles. The summed E-state index contributed by atoms with van der Waals surface area (Å²) in [6, 6.07) is 1.91. The Hall–Kier alpha value is -0.570. The smallest absolute Gasteiger partial charge is 0.220 e. The maximum atomic E-state index is 11.5. The molecule has 0 radical (unpaired) electrons. The third-order valence-electron chi connectivity index (χ3n) is 4.47. The van der Waals surface area contributed by atoms with Crippen molar-refractivity contribution in [3.05, 3.63) is 0 Å². The molecule has 2 atom stereocenters. The average molecular weight is 208 g/mol. The highest BCUT2D eigenvalue weighted by molar-refractivity contribution is 5.74. The van der Waals surface area contributed by atoms with Gasteiger partial charge in [0.2, 0.25) is 5.91 Å². The van der Waals surface area contributed by atoms with Gasteiger partial charge < -0.3 is 4.90 Å². The quantitative estimate of drug-likeness (QED) is 0.647. The summed E-state index contributed by atoms with van der Waals surface area (Å²) in [7, 11) is 0. The van der Waals surface area contributed by atoms with Crippen LogP contribution in [0.5, 0.6) is 0 Å². The Balaban J connectivity index is 1.70. The summed E-state index contributed by atoms with van der Waals surface area (Å²) in [6.45, 7) is 4.01. The van der Waals surface area contributed by atoms with Gasteiger partial charge in [0.1, 0.15) is 0 Å². The molecule has 3 rings (SSSR count). The zero-order chi connectivity index (χ0) is 10.4. The molecule has 0 N–H and O–H groups in total. The van der Waals surface area contributed by atoms with Gasteiger partial charge in [0.15, 0.2) is 0 Å². The van der Waals surface area contributed by atoms with Crippen molar-refractivity contribution in [3.63, 3.8) is 0 Å². The van der Waals surface area contributed by atoms with Gasteiger partial charge in [-0.1, -0.05) is 6.42 Å². The fraction of sp³-hybridized carbons (Fsp3) is 0.917. The predicted molar refractivity (Wildman–Crippen MR) is 58.5 cm³/mol. The van der Waals surface area contributed by atoms with Crippen molar-refractivity contribution in [2.24, 2.45) is 0 Å². The number of rotatable bonds is 1. The molecular weight excluding hydrogens is 188 g/mol. The largest absolute Gasteiger partial charge is 0.334 e. The van der Waals surface area contributed by atoms with E-state index in [-0.39, 0.29) is 5.91 Å². The van der Waals surface area contributed by atoms with Crippen molar-refractivity contribution in [2.75, 3.05) is 13.1 Å². The molecule has 3 nitrogen and oxygen atoms in total. The molecule has 2 bridgehead atoms. The Kier molecular flexibility index (Phi) is 2.23. The van der Waals surface area contributed by atoms with Gasteiger partial charge in [-0.25, -0.2) is 0 Å². The number of fused-ring (bicyclic) bond motifs is 2. The molecule has 1 saturated carbocycles. The topological polar surface area (TPSA) is 23.6 Å². The standard InChI is InChI=1S/C12H20N2O/c1-9(15)14-11-5-6-12(14)8-13(7-11)10-3-2-4-10/h10-12H,2-8H2,1H3. The van der Waals surface area contributed by atoms with Crippen LogP contribution >= 0.6 is 0 Å². The van der Waals surface area contributed by atoms with E-state index in [1.54, 1.807) is 6.92 Å². The van der Waals surface area contributed by atoms with Crippen LogP contribution in [-0.2, 0) is 4.79 Å². The lowest BCUT2D eigenvalue weighted by Gasteiger charge is -2.46. The Morgan fingerprint density at radius 1 is 1.00 bits per heavy atom. The molecule has 0 aromatic carbocycles. The van der Waals surface area contributed by atoms with Crippen molar-refractivity contribution >= 4 is 5.91 Å². The van der Waals surface area contributed by atoms with Crippen LogP contribution in [0.4, 0.5) is 0 Å². The van der Waals surface area contributed by atoms with Crippen LogP contribution in [0, 0.1) is 0 Å². The van der Waals surface area contributed by atoms with E-state index in [4.69, 9.17) is 0 Å². The second-order valence-corrected chi connectivity index (χ2v) is 5.35. The van der Waals surface area contributed by atoms with E-state index in [0.29, 0.717) is 12.1 Å². The summed E-state index contributed by atoms with van der Waals surface area (Å²) in [5.41, 5.74) is 0. The van der Waals surface area contributed by atoms with Gasteiger partial charge in [-0.15, -0.1) is 0 Å². The van der Waals surface area contributed by atoms with E-state index in [1.165, 1.54) is 32.1 Å². The lowest BCUT2D eigenvalue weighted by atomic mass is 9.90. The van der Waals surface area contributed by atoms with Gasteiger partial charge in [-0.3, -0.25) is 9.69 Å². The number of hydrogen-bond donors (Lipinski definition) is 0. The number of nitrogens with zero attached hydrogens (tertiary/aromatic N) is 2. The van der Waals surface area contributed by atoms with Gasteiger partial charge in [0.05, 0.1) is 0 Å². The van der Waals surface area contributed by atoms with Crippen molar-refractivity contribution in [1.82, 2.24) is 9.80 Å². The molecule has 3 fully saturated rings. The first-order chi connectivity index (χ1) is 7.25. The van der Waals surface area contributed by atoms with Crippen LogP contribution in [0.15, 0.2) is 0 Å². The highest BCUT2D eigenvalue weighted by Gasteiger charge is 2.43. The van der Waals surface area contributed by atoms with Crippen LogP contribution in [0.2, 0.25) is 0 Å². The predicted octanol–water partition coefficient (Wildman–Crippen LogP) is 1.23. The van der Waals surface area contributed by atoms with Crippen molar-refractivity contribution < 1.29 is 4.79 Å². The third kappa shape index (κ3) is 1.48. The molecule has 3 heteroatoms. The number of likely N-dealkylation sites (tertiary alicyclic amines) is 1. The van der Waals surface area contributed by atoms with Crippen LogP contribution in [0.3, 0.4) is 0 Å². The summed E-state index contributed by atoms with van der Waals surface area (Å²) in [6.07, 6.45) is 6.65. The summed E-state index contributed by atoms with van der Waals surface area (Å²) in [5.74, 6) is 0.288. The number of carbonyl (C=O) groups excluding carboxylic acids is 1. The zero-order valence-electron chi connectivity index (χ0n) is 9.48. The summed E-state index contributed by atoms with van der Waals surface area (Å²) in [5, 5.41) is 0. The van der Waals surface area contributed by atoms with Crippen molar-refractivity contribution in [2.45, 2.75) is 57.2 Å². The maximum absolute atomic E-state index is 11.5. The van der Waals surface area contributed by atoms with Crippen LogP contribution < -0.4 is 0 Å². The van der Waals surface area contributed by atoms with E-state index < -0.39 is 0 Å². The molecule has 2 heterocycles. The Morgan fingerprint density at radius 3 is 2.00 bits per heavy atom. The molecular formula is C12H20N2O. The van der Waals surface area contributed by atoms with Crippen molar-refractivity contribution in [1.29, 1.82) is 0 Å². The summed E-state index contributed by atoms with van der Waals surface area (Å²) in [4.78, 5) is 16.3. The van der Waals surface area contributed by atoms with E-state index in [2.05, 4.69) is 9.80 Å². The lowest BCUT2D eigenvalue weighted by Crippen LogP contribution is -2.58. The summed E-state index contributed by atoms with van der Waals surface area (Å²) < 4.78 is 0. The highest BCUT2D eigenvalue weighted by atomic mass is 16.2. The first-order valence-electron chi connectivity index (χ1n) is 6.28. The van der Waals surface area contributed by atoms with Crippen molar-refractivity contribution in [3.8, 4) is 0 Å². The number of carbonyl (C=O) groups is 1. The third-order valence-corrected chi connectivity index (χ3v) is 4.47. The molecule has 84 valence electrons. The molecule has 1 aliphatic carbocycles. The minimum Gasteiger partial charge on any atom is -0.334 e. The van der Waals surface area contributed by atoms with Crippen LogP contribution in [0.1, 0.15) is 39.0 Å². The Labute approximate surface area is 91.4 Å². The monoisotopic (exact) mass is 208 g/mol.